The second-order valence-corrected chi connectivity index (χ2v) is 5.98. The number of likely N-dealkylation sites (tertiary alicyclic amines) is 1. The zero-order valence-corrected chi connectivity index (χ0v) is 13.8. The molecule has 23 heavy (non-hydrogen) atoms. The third-order valence-corrected chi connectivity index (χ3v) is 4.24. The Morgan fingerprint density at radius 3 is 3.04 bits per heavy atom. The van der Waals surface area contributed by atoms with Gasteiger partial charge in [0.1, 0.15) is 0 Å². The molecule has 0 aromatic carbocycles. The predicted octanol–water partition coefficient (Wildman–Crippen LogP) is 1.21. The van der Waals surface area contributed by atoms with Gasteiger partial charge in [-0.05, 0) is 32.8 Å². The smallest absolute Gasteiger partial charge is 0.274 e. The molecule has 0 spiro atoms. The number of hydrogen-bond donors (Lipinski definition) is 1. The largest absolute Gasteiger partial charge is 0.377 e. The Hall–Kier alpha value is -2.15. The highest BCUT2D eigenvalue weighted by atomic mass is 16.5. The van der Waals surface area contributed by atoms with Crippen LogP contribution in [-0.2, 0) is 11.8 Å². The number of piperidine rings is 1. The number of nitrogens with zero attached hydrogens (tertiary/aromatic N) is 3. The molecule has 1 saturated heterocycles. The van der Waals surface area contributed by atoms with E-state index in [2.05, 4.69) is 10.1 Å². The Labute approximate surface area is 134 Å². The number of carbonyl (C=O) groups is 1. The lowest BCUT2D eigenvalue weighted by Gasteiger charge is -2.32. The van der Waals surface area contributed by atoms with Gasteiger partial charge in [0.2, 0.25) is 0 Å². The molecule has 7 heteroatoms. The van der Waals surface area contributed by atoms with Crippen LogP contribution in [0.15, 0.2) is 10.9 Å². The minimum Gasteiger partial charge on any atom is -0.377 e. The van der Waals surface area contributed by atoms with E-state index in [1.54, 1.807) is 22.7 Å². The van der Waals surface area contributed by atoms with Gasteiger partial charge in [-0.1, -0.05) is 0 Å². The molecule has 2 aromatic heterocycles. The van der Waals surface area contributed by atoms with Gasteiger partial charge < -0.3 is 9.64 Å². The van der Waals surface area contributed by atoms with Crippen molar-refractivity contribution in [3.63, 3.8) is 0 Å². The van der Waals surface area contributed by atoms with Gasteiger partial charge in [0.25, 0.3) is 11.5 Å². The Morgan fingerprint density at radius 1 is 1.52 bits per heavy atom. The summed E-state index contributed by atoms with van der Waals surface area (Å²) in [5, 5.41) is 3.04. The van der Waals surface area contributed by atoms with Crippen molar-refractivity contribution in [1.29, 1.82) is 0 Å². The molecule has 0 saturated carbocycles. The standard InChI is InChI=1S/C16H22N4O3/c1-4-23-11-6-5-7-20(9-11)16(22)12-8-10(2)17-14-13(12)15(21)18-19(14)3/h8,11H,4-7,9H2,1-3H3,(H,18,21)/t11-/m0/s1. The number of H-pyrrole nitrogens is 1. The first-order chi connectivity index (χ1) is 11.0. The maximum absolute atomic E-state index is 13.0. The number of aromatic amines is 1. The summed E-state index contributed by atoms with van der Waals surface area (Å²) in [6.45, 7) is 5.69. The van der Waals surface area contributed by atoms with Crippen molar-refractivity contribution in [2.24, 2.45) is 7.05 Å². The summed E-state index contributed by atoms with van der Waals surface area (Å²) in [7, 11) is 1.72. The molecule has 3 heterocycles. The zero-order valence-electron chi connectivity index (χ0n) is 13.8. The quantitative estimate of drug-likeness (QED) is 0.922. The summed E-state index contributed by atoms with van der Waals surface area (Å²) in [6.07, 6.45) is 1.95. The number of amides is 1. The molecule has 1 fully saturated rings. The van der Waals surface area contributed by atoms with Crippen LogP contribution in [0.5, 0.6) is 0 Å². The van der Waals surface area contributed by atoms with Crippen molar-refractivity contribution in [3.05, 3.63) is 27.7 Å². The van der Waals surface area contributed by atoms with Crippen molar-refractivity contribution in [2.75, 3.05) is 19.7 Å². The van der Waals surface area contributed by atoms with Crippen LogP contribution in [0.25, 0.3) is 11.0 Å². The number of rotatable bonds is 3. The highest BCUT2D eigenvalue weighted by Crippen LogP contribution is 2.20. The summed E-state index contributed by atoms with van der Waals surface area (Å²) in [4.78, 5) is 31.3. The number of aryl methyl sites for hydroxylation is 2. The summed E-state index contributed by atoms with van der Waals surface area (Å²) in [5.41, 5.74) is 1.37. The van der Waals surface area contributed by atoms with E-state index < -0.39 is 0 Å². The van der Waals surface area contributed by atoms with E-state index >= 15 is 0 Å². The van der Waals surface area contributed by atoms with Gasteiger partial charge in [0.05, 0.1) is 17.1 Å². The number of fused-ring (bicyclic) bond motifs is 1. The fourth-order valence-corrected chi connectivity index (χ4v) is 3.22. The van der Waals surface area contributed by atoms with Crippen LogP contribution in [0.3, 0.4) is 0 Å². The number of aromatic nitrogens is 3. The molecule has 0 aliphatic carbocycles. The molecule has 7 nitrogen and oxygen atoms in total. The van der Waals surface area contributed by atoms with Crippen LogP contribution in [0.1, 0.15) is 35.8 Å². The second kappa shape index (κ2) is 6.16. The molecule has 0 unspecified atom stereocenters. The molecule has 0 radical (unpaired) electrons. The van der Waals surface area contributed by atoms with E-state index in [9.17, 15) is 9.59 Å². The van der Waals surface area contributed by atoms with E-state index in [0.717, 1.165) is 12.8 Å². The third kappa shape index (κ3) is 2.88. The highest BCUT2D eigenvalue weighted by molar-refractivity contribution is 6.05. The molecule has 2 aromatic rings. The van der Waals surface area contributed by atoms with Gasteiger partial charge in [-0.2, -0.15) is 0 Å². The van der Waals surface area contributed by atoms with E-state index in [1.165, 1.54) is 0 Å². The molecule has 1 aliphatic heterocycles. The average molecular weight is 318 g/mol. The third-order valence-electron chi connectivity index (χ3n) is 4.24. The molecule has 1 aliphatic rings. The normalized spacial score (nSPS) is 18.6. The first-order valence-electron chi connectivity index (χ1n) is 7.98. The highest BCUT2D eigenvalue weighted by Gasteiger charge is 2.27. The molecular weight excluding hydrogens is 296 g/mol. The predicted molar refractivity (Wildman–Crippen MR) is 86.6 cm³/mol. The monoisotopic (exact) mass is 318 g/mol. The van der Waals surface area contributed by atoms with Crippen LogP contribution in [0, 0.1) is 6.92 Å². The van der Waals surface area contributed by atoms with Crippen molar-refractivity contribution in [2.45, 2.75) is 32.8 Å². The van der Waals surface area contributed by atoms with E-state index in [-0.39, 0.29) is 17.6 Å². The average Bonchev–Trinajstić information content (AvgIpc) is 2.81. The Kier molecular flexibility index (Phi) is 4.21. The molecule has 3 rings (SSSR count). The fourth-order valence-electron chi connectivity index (χ4n) is 3.22. The molecule has 1 amide bonds. The topological polar surface area (TPSA) is 80.2 Å². The van der Waals surface area contributed by atoms with Gasteiger partial charge in [-0.15, -0.1) is 0 Å². The minimum absolute atomic E-state index is 0.0742. The van der Waals surface area contributed by atoms with E-state index in [0.29, 0.717) is 42.0 Å². The van der Waals surface area contributed by atoms with Crippen molar-refractivity contribution < 1.29 is 9.53 Å². The molecule has 0 bridgehead atoms. The van der Waals surface area contributed by atoms with E-state index in [4.69, 9.17) is 4.74 Å². The number of nitrogens with one attached hydrogen (secondary N) is 1. The summed E-state index contributed by atoms with van der Waals surface area (Å²) < 4.78 is 7.22. The van der Waals surface area contributed by atoms with Crippen molar-refractivity contribution >= 4 is 16.9 Å². The number of ether oxygens (including phenoxy) is 1. The first kappa shape index (κ1) is 15.7. The van der Waals surface area contributed by atoms with Crippen LogP contribution < -0.4 is 5.56 Å². The molecular formula is C16H22N4O3. The van der Waals surface area contributed by atoms with Crippen LogP contribution in [0.2, 0.25) is 0 Å². The second-order valence-electron chi connectivity index (χ2n) is 5.98. The Morgan fingerprint density at radius 2 is 2.30 bits per heavy atom. The number of hydrogen-bond acceptors (Lipinski definition) is 4. The maximum atomic E-state index is 13.0. The van der Waals surface area contributed by atoms with Gasteiger partial charge in [-0.3, -0.25) is 19.4 Å². The maximum Gasteiger partial charge on any atom is 0.274 e. The first-order valence-corrected chi connectivity index (χ1v) is 7.98. The van der Waals surface area contributed by atoms with Crippen LogP contribution in [0.4, 0.5) is 0 Å². The van der Waals surface area contributed by atoms with Gasteiger partial charge in [0.15, 0.2) is 5.65 Å². The number of carbonyl (C=O) groups excluding carboxylic acids is 1. The van der Waals surface area contributed by atoms with Gasteiger partial charge in [0, 0.05) is 32.4 Å². The summed E-state index contributed by atoms with van der Waals surface area (Å²) in [5.74, 6) is -0.124. The van der Waals surface area contributed by atoms with Crippen molar-refractivity contribution in [3.8, 4) is 0 Å². The van der Waals surface area contributed by atoms with Gasteiger partial charge in [-0.25, -0.2) is 4.98 Å². The number of pyridine rings is 1. The molecule has 1 atom stereocenters. The van der Waals surface area contributed by atoms with Crippen LogP contribution in [-0.4, -0.2) is 51.4 Å². The van der Waals surface area contributed by atoms with Crippen molar-refractivity contribution in [1.82, 2.24) is 19.7 Å². The lowest BCUT2D eigenvalue weighted by Crippen LogP contribution is -2.43. The fraction of sp³-hybridized carbons (Fsp3) is 0.562. The van der Waals surface area contributed by atoms with E-state index in [1.807, 2.05) is 13.8 Å². The SMILES string of the molecule is CCO[C@H]1CCCN(C(=O)c2cc(C)nc3c2c(=O)[nH]n3C)C1. The lowest BCUT2D eigenvalue weighted by molar-refractivity contribution is 0.00731. The zero-order chi connectivity index (χ0) is 16.6. The minimum atomic E-state index is -0.281. The summed E-state index contributed by atoms with van der Waals surface area (Å²) in [6, 6.07) is 1.70. The molecule has 1 N–H and O–H groups in total. The van der Waals surface area contributed by atoms with Gasteiger partial charge >= 0.3 is 0 Å². The Balaban J connectivity index is 1.99. The lowest BCUT2D eigenvalue weighted by atomic mass is 10.1. The summed E-state index contributed by atoms with van der Waals surface area (Å²) >= 11 is 0. The Bertz CT molecular complexity index is 790. The molecule has 124 valence electrons. The van der Waals surface area contributed by atoms with Crippen LogP contribution >= 0.6 is 0 Å².